The number of anilines is 1. The fourth-order valence-electron chi connectivity index (χ4n) is 4.44. The van der Waals surface area contributed by atoms with Crippen molar-refractivity contribution in [2.45, 2.75) is 6.04 Å². The molecule has 1 aliphatic heterocycles. The average molecular weight is 411 g/mol. The van der Waals surface area contributed by atoms with Gasteiger partial charge < -0.3 is 15.2 Å². The smallest absolute Gasteiger partial charge is 0.321 e. The molecule has 5 heteroatoms. The number of amides is 2. The number of H-pyrrole nitrogens is 1. The zero-order chi connectivity index (χ0) is 21.0. The molecule has 3 aromatic carbocycles. The van der Waals surface area contributed by atoms with Gasteiger partial charge in [-0.15, -0.1) is 0 Å². The summed E-state index contributed by atoms with van der Waals surface area (Å²) in [5.41, 5.74) is 4.42. The Balaban J connectivity index is 1.29. The molecule has 5 rings (SSSR count). The van der Waals surface area contributed by atoms with E-state index in [4.69, 9.17) is 0 Å². The van der Waals surface area contributed by atoms with E-state index < -0.39 is 0 Å². The average Bonchev–Trinajstić information content (AvgIpc) is 3.24. The van der Waals surface area contributed by atoms with Gasteiger partial charge in [0.15, 0.2) is 0 Å². The molecule has 0 atom stereocenters. The molecule has 0 radical (unpaired) electrons. The molecule has 4 aromatic rings. The highest BCUT2D eigenvalue weighted by Crippen LogP contribution is 2.30. The van der Waals surface area contributed by atoms with Crippen LogP contribution in [0.25, 0.3) is 10.9 Å². The summed E-state index contributed by atoms with van der Waals surface area (Å²) in [5, 5.41) is 4.11. The van der Waals surface area contributed by atoms with Crippen molar-refractivity contribution >= 4 is 22.6 Å². The van der Waals surface area contributed by atoms with Gasteiger partial charge in [0.25, 0.3) is 0 Å². The normalized spacial score (nSPS) is 14.8. The van der Waals surface area contributed by atoms with Crippen molar-refractivity contribution in [2.24, 2.45) is 0 Å². The second-order valence-electron chi connectivity index (χ2n) is 7.93. The van der Waals surface area contributed by atoms with Crippen molar-refractivity contribution in [2.75, 3.05) is 31.5 Å². The number of carbonyl (C=O) groups excluding carboxylic acids is 1. The first-order valence-electron chi connectivity index (χ1n) is 10.8. The number of piperazine rings is 1. The Morgan fingerprint density at radius 3 is 2.00 bits per heavy atom. The van der Waals surface area contributed by atoms with Gasteiger partial charge in [-0.05, 0) is 17.2 Å². The molecule has 0 bridgehead atoms. The lowest BCUT2D eigenvalue weighted by Gasteiger charge is -2.39. The van der Waals surface area contributed by atoms with Gasteiger partial charge in [-0.3, -0.25) is 4.90 Å². The van der Waals surface area contributed by atoms with Crippen molar-refractivity contribution in [3.05, 3.63) is 102 Å². The third kappa shape index (κ3) is 4.05. The third-order valence-corrected chi connectivity index (χ3v) is 6.03. The minimum Gasteiger partial charge on any atom is -0.359 e. The van der Waals surface area contributed by atoms with Crippen LogP contribution in [-0.4, -0.2) is 47.0 Å². The van der Waals surface area contributed by atoms with E-state index in [1.807, 2.05) is 35.4 Å². The number of urea groups is 1. The summed E-state index contributed by atoms with van der Waals surface area (Å²) >= 11 is 0. The van der Waals surface area contributed by atoms with Crippen LogP contribution in [0.15, 0.2) is 91.1 Å². The number of nitrogens with one attached hydrogen (secondary N) is 2. The van der Waals surface area contributed by atoms with Crippen LogP contribution in [0.5, 0.6) is 0 Å². The Morgan fingerprint density at radius 2 is 1.35 bits per heavy atom. The van der Waals surface area contributed by atoms with Crippen molar-refractivity contribution in [3.63, 3.8) is 0 Å². The molecule has 1 aromatic heterocycles. The predicted octanol–water partition coefficient (Wildman–Crippen LogP) is 5.11. The van der Waals surface area contributed by atoms with E-state index in [9.17, 15) is 4.79 Å². The fourth-order valence-corrected chi connectivity index (χ4v) is 4.44. The number of nitrogens with zero attached hydrogens (tertiary/aromatic N) is 2. The third-order valence-electron chi connectivity index (χ3n) is 6.03. The van der Waals surface area contributed by atoms with Crippen molar-refractivity contribution in [1.29, 1.82) is 0 Å². The number of benzene rings is 3. The summed E-state index contributed by atoms with van der Waals surface area (Å²) < 4.78 is 0. The van der Waals surface area contributed by atoms with E-state index in [0.717, 1.165) is 29.7 Å². The zero-order valence-corrected chi connectivity index (χ0v) is 17.4. The van der Waals surface area contributed by atoms with Crippen LogP contribution in [0.2, 0.25) is 0 Å². The molecule has 0 saturated carbocycles. The second kappa shape index (κ2) is 8.66. The molecule has 156 valence electrons. The minimum atomic E-state index is -0.0413. The van der Waals surface area contributed by atoms with Crippen molar-refractivity contribution < 1.29 is 4.79 Å². The maximum atomic E-state index is 12.9. The summed E-state index contributed by atoms with van der Waals surface area (Å²) in [7, 11) is 0. The highest BCUT2D eigenvalue weighted by molar-refractivity contribution is 6.00. The second-order valence-corrected chi connectivity index (χ2v) is 7.93. The maximum Gasteiger partial charge on any atom is 0.321 e. The number of aromatic nitrogens is 1. The Hall–Kier alpha value is -3.57. The summed E-state index contributed by atoms with van der Waals surface area (Å²) in [6, 6.07) is 29.4. The van der Waals surface area contributed by atoms with Crippen LogP contribution in [0.3, 0.4) is 0 Å². The molecule has 31 heavy (non-hydrogen) atoms. The van der Waals surface area contributed by atoms with Crippen LogP contribution in [-0.2, 0) is 0 Å². The Morgan fingerprint density at radius 1 is 0.774 bits per heavy atom. The lowest BCUT2D eigenvalue weighted by Crippen LogP contribution is -2.51. The highest BCUT2D eigenvalue weighted by atomic mass is 16.2. The Labute approximate surface area is 182 Å². The van der Waals surface area contributed by atoms with E-state index in [1.54, 1.807) is 0 Å². The maximum absolute atomic E-state index is 12.9. The summed E-state index contributed by atoms with van der Waals surface area (Å²) in [6.07, 6.45) is 1.86. The molecule has 0 spiro atoms. The number of hydrogen-bond donors (Lipinski definition) is 2. The van der Waals surface area contributed by atoms with Gasteiger partial charge in [0.1, 0.15) is 0 Å². The van der Waals surface area contributed by atoms with E-state index in [1.165, 1.54) is 11.1 Å². The van der Waals surface area contributed by atoms with Gasteiger partial charge in [-0.2, -0.15) is 0 Å². The Bertz CT molecular complexity index is 1110. The van der Waals surface area contributed by atoms with Crippen LogP contribution < -0.4 is 5.32 Å². The number of para-hydroxylation sites is 1. The van der Waals surface area contributed by atoms with Gasteiger partial charge in [0.2, 0.25) is 0 Å². The van der Waals surface area contributed by atoms with E-state index in [0.29, 0.717) is 13.1 Å². The summed E-state index contributed by atoms with van der Waals surface area (Å²) in [6.45, 7) is 3.06. The topological polar surface area (TPSA) is 51.4 Å². The van der Waals surface area contributed by atoms with Crippen LogP contribution in [0.1, 0.15) is 17.2 Å². The molecule has 2 N–H and O–H groups in total. The van der Waals surface area contributed by atoms with Gasteiger partial charge in [0, 0.05) is 43.3 Å². The molecule has 0 unspecified atom stereocenters. The lowest BCUT2D eigenvalue weighted by atomic mass is 9.96. The molecule has 2 amide bonds. The van der Waals surface area contributed by atoms with E-state index in [-0.39, 0.29) is 12.1 Å². The van der Waals surface area contributed by atoms with Crippen LogP contribution >= 0.6 is 0 Å². The number of hydrogen-bond acceptors (Lipinski definition) is 2. The molecule has 0 aliphatic carbocycles. The molecule has 5 nitrogen and oxygen atoms in total. The van der Waals surface area contributed by atoms with Crippen LogP contribution in [0, 0.1) is 0 Å². The number of carbonyl (C=O) groups is 1. The van der Waals surface area contributed by atoms with Crippen LogP contribution in [0.4, 0.5) is 10.5 Å². The molecule has 1 fully saturated rings. The van der Waals surface area contributed by atoms with Gasteiger partial charge in [0.05, 0.1) is 11.7 Å². The number of rotatable bonds is 4. The molecule has 2 heterocycles. The molecule has 1 saturated heterocycles. The quantitative estimate of drug-likeness (QED) is 0.491. The first-order chi connectivity index (χ1) is 15.3. The lowest BCUT2D eigenvalue weighted by molar-refractivity contribution is 0.126. The monoisotopic (exact) mass is 410 g/mol. The first-order valence-corrected chi connectivity index (χ1v) is 10.8. The molecular weight excluding hydrogens is 384 g/mol. The van der Waals surface area contributed by atoms with Crippen molar-refractivity contribution in [1.82, 2.24) is 14.8 Å². The van der Waals surface area contributed by atoms with Gasteiger partial charge >= 0.3 is 6.03 Å². The van der Waals surface area contributed by atoms with E-state index in [2.05, 4.69) is 75.9 Å². The minimum absolute atomic E-state index is 0.0413. The predicted molar refractivity (Wildman–Crippen MR) is 125 cm³/mol. The Kier molecular flexibility index (Phi) is 5.42. The van der Waals surface area contributed by atoms with Crippen molar-refractivity contribution in [3.8, 4) is 0 Å². The largest absolute Gasteiger partial charge is 0.359 e. The van der Waals surface area contributed by atoms with Gasteiger partial charge in [-0.1, -0.05) is 78.9 Å². The van der Waals surface area contributed by atoms with Gasteiger partial charge in [-0.25, -0.2) is 4.79 Å². The zero-order valence-electron chi connectivity index (χ0n) is 17.4. The van der Waals surface area contributed by atoms with E-state index >= 15 is 0 Å². The number of fused-ring (bicyclic) bond motifs is 1. The molecular formula is C26H26N4O. The summed E-state index contributed by atoms with van der Waals surface area (Å²) in [5.74, 6) is 0. The first kappa shape index (κ1) is 19.4. The fraction of sp³-hybridized carbons (Fsp3) is 0.192. The molecule has 1 aliphatic rings. The number of aromatic amines is 1. The summed E-state index contributed by atoms with van der Waals surface area (Å²) in [4.78, 5) is 20.5. The standard InChI is InChI=1S/C26H26N4O/c31-26(28-24-19-27-23-14-8-7-13-22(23)24)30-17-15-29(16-18-30)25(20-9-3-1-4-10-20)21-11-5-2-6-12-21/h1-14,19,25,27H,15-18H2,(H,28,31). The highest BCUT2D eigenvalue weighted by Gasteiger charge is 2.28. The SMILES string of the molecule is O=C(Nc1c[nH]c2ccccc12)N1CCN(C(c2ccccc2)c2ccccc2)CC1.